The van der Waals surface area contributed by atoms with E-state index in [4.69, 9.17) is 33.7 Å². The van der Waals surface area contributed by atoms with Gasteiger partial charge in [-0.1, -0.05) is 48.3 Å². The predicted molar refractivity (Wildman–Crippen MR) is 240 cm³/mol. The second-order valence-corrected chi connectivity index (χ2v) is 17.5. The van der Waals surface area contributed by atoms with Gasteiger partial charge in [-0.05, 0) is 100 Å². The lowest BCUT2D eigenvalue weighted by Gasteiger charge is -2.59. The van der Waals surface area contributed by atoms with Gasteiger partial charge < -0.3 is 43.8 Å². The highest BCUT2D eigenvalue weighted by Gasteiger charge is 2.65. The van der Waals surface area contributed by atoms with Gasteiger partial charge in [0.15, 0.2) is 0 Å². The van der Waals surface area contributed by atoms with E-state index < -0.39 is 34.4 Å². The Balaban J connectivity index is 1.57. The Morgan fingerprint density at radius 1 is 1.00 bits per heavy atom. The molecule has 16 heteroatoms. The number of carbonyl (C=O) groups is 1. The number of ether oxygens (including phenoxy) is 5. The van der Waals surface area contributed by atoms with Gasteiger partial charge in [-0.25, -0.2) is 9.18 Å². The Bertz CT molecular complexity index is 2140. The molecule has 3 aliphatic rings. The fourth-order valence-corrected chi connectivity index (χ4v) is 9.21. The van der Waals surface area contributed by atoms with Gasteiger partial charge >= 0.3 is 6.09 Å². The van der Waals surface area contributed by atoms with Crippen LogP contribution in [0.2, 0.25) is 0 Å². The van der Waals surface area contributed by atoms with E-state index in [0.717, 1.165) is 24.0 Å². The van der Waals surface area contributed by atoms with Crippen molar-refractivity contribution in [3.63, 3.8) is 0 Å². The van der Waals surface area contributed by atoms with Crippen molar-refractivity contribution in [2.24, 2.45) is 22.9 Å². The van der Waals surface area contributed by atoms with Crippen molar-refractivity contribution in [3.8, 4) is 17.2 Å². The van der Waals surface area contributed by atoms with Crippen LogP contribution in [0.3, 0.4) is 0 Å². The minimum Gasteiger partial charge on any atom is -0.489 e. The number of benzene rings is 3. The van der Waals surface area contributed by atoms with Crippen LogP contribution in [-0.2, 0) is 20.9 Å². The largest absolute Gasteiger partial charge is 0.489 e. The molecule has 6 unspecified atom stereocenters. The summed E-state index contributed by atoms with van der Waals surface area (Å²) in [5.41, 5.74) is 1.70. The smallest absolute Gasteiger partial charge is 0.415 e. The van der Waals surface area contributed by atoms with E-state index >= 15 is 0 Å². The van der Waals surface area contributed by atoms with Crippen LogP contribution in [0.1, 0.15) is 82.8 Å². The SMILES string of the molecule is C=CCOC12Oc3ccc(OCc4ccccc4F)cc3C3C(CCCCO)C(CCCCO)C=C(C(=NOC(C)(C)C)CC1N(CCOCCO)C(=O)Oc1ccc([N+](=O)[O-])cc1)C32. The lowest BCUT2D eigenvalue weighted by atomic mass is 9.55. The van der Waals surface area contributed by atoms with E-state index in [1.54, 1.807) is 36.4 Å². The molecule has 1 aliphatic heterocycles. The molecule has 3 aromatic carbocycles. The van der Waals surface area contributed by atoms with Crippen molar-refractivity contribution in [2.75, 3.05) is 46.2 Å². The van der Waals surface area contributed by atoms with E-state index in [1.165, 1.54) is 35.2 Å². The number of aliphatic hydroxyl groups is 3. The maximum atomic E-state index is 14.8. The number of carbonyl (C=O) groups excluding carboxylic acids is 1. The molecular weight excluding hydrogens is 842 g/mol. The minimum atomic E-state index is -1.63. The fourth-order valence-electron chi connectivity index (χ4n) is 9.21. The molecule has 3 N–H and O–H groups in total. The molecule has 0 radical (unpaired) electrons. The monoisotopic (exact) mass is 903 g/mol. The lowest BCUT2D eigenvalue weighted by molar-refractivity contribution is -0.384. The number of fused-ring (bicyclic) bond motifs is 2. The third-order valence-corrected chi connectivity index (χ3v) is 12.0. The standard InChI is InChI=1S/C49H62FN3O12/c1-5-26-62-49-44(52(22-27-60-28-25-56)47(57)63-36-18-16-35(17-19-36)53(58)59)31-42(51-65-48(2,3)4)39-29-33(12-8-10-23-54)38(14-9-11-24-55)45(46(39)49)40-30-37(20-21-43(40)64-49)61-32-34-13-6-7-15-41(34)50/h5-7,13,15-21,29-30,33,38,44-46,54-56H,1,8-12,14,22-28,31-32H2,2-4H3. The zero-order valence-corrected chi connectivity index (χ0v) is 37.4. The molecule has 352 valence electrons. The summed E-state index contributed by atoms with van der Waals surface area (Å²) in [4.78, 5) is 33.3. The van der Waals surface area contributed by atoms with E-state index in [0.29, 0.717) is 48.5 Å². The maximum absolute atomic E-state index is 14.8. The van der Waals surface area contributed by atoms with Gasteiger partial charge in [-0.3, -0.25) is 15.0 Å². The molecule has 2 aliphatic carbocycles. The van der Waals surface area contributed by atoms with Crippen LogP contribution >= 0.6 is 0 Å². The van der Waals surface area contributed by atoms with Crippen molar-refractivity contribution in [1.82, 2.24) is 4.90 Å². The fraction of sp³-hybridized carbons (Fsp3) is 0.510. The zero-order valence-electron chi connectivity index (χ0n) is 37.4. The quantitative estimate of drug-likeness (QED) is 0.0358. The zero-order chi connectivity index (χ0) is 46.6. The summed E-state index contributed by atoms with van der Waals surface area (Å²) in [6.07, 6.45) is 7.16. The molecule has 1 saturated carbocycles. The third-order valence-electron chi connectivity index (χ3n) is 12.0. The average Bonchev–Trinajstić information content (AvgIpc) is 3.28. The first-order valence-corrected chi connectivity index (χ1v) is 22.4. The predicted octanol–water partition coefficient (Wildman–Crippen LogP) is 8.25. The first-order valence-electron chi connectivity index (χ1n) is 22.4. The summed E-state index contributed by atoms with van der Waals surface area (Å²) in [5, 5.41) is 45.7. The second-order valence-electron chi connectivity index (χ2n) is 17.5. The van der Waals surface area contributed by atoms with Crippen molar-refractivity contribution < 1.29 is 57.9 Å². The number of non-ortho nitro benzene ring substituents is 1. The number of rotatable bonds is 23. The van der Waals surface area contributed by atoms with E-state index in [2.05, 4.69) is 12.7 Å². The number of halogens is 1. The van der Waals surface area contributed by atoms with Crippen LogP contribution in [0.25, 0.3) is 0 Å². The Morgan fingerprint density at radius 2 is 1.72 bits per heavy atom. The number of hydrogen-bond acceptors (Lipinski definition) is 13. The molecule has 0 bridgehead atoms. The molecule has 0 spiro atoms. The first-order chi connectivity index (χ1) is 31.3. The number of hydrogen-bond donors (Lipinski definition) is 3. The topological polar surface area (TPSA) is 192 Å². The normalized spacial score (nSPS) is 22.8. The number of nitrogens with zero attached hydrogens (tertiary/aromatic N) is 3. The van der Waals surface area contributed by atoms with Crippen LogP contribution in [-0.4, -0.2) is 101 Å². The van der Waals surface area contributed by atoms with E-state index in [1.807, 2.05) is 26.8 Å². The molecule has 15 nitrogen and oxygen atoms in total. The van der Waals surface area contributed by atoms with Crippen molar-refractivity contribution in [3.05, 3.63) is 118 Å². The summed E-state index contributed by atoms with van der Waals surface area (Å²) in [7, 11) is 0. The minimum absolute atomic E-state index is 0.0100. The molecular formula is C49H62FN3O12. The number of nitro groups is 1. The summed E-state index contributed by atoms with van der Waals surface area (Å²) in [5.74, 6) is -2.13. The van der Waals surface area contributed by atoms with Crippen LogP contribution in [0.4, 0.5) is 14.9 Å². The molecule has 0 aromatic heterocycles. The van der Waals surface area contributed by atoms with Crippen molar-refractivity contribution in [1.29, 1.82) is 0 Å². The number of nitro benzene ring substituents is 1. The first kappa shape index (κ1) is 49.1. The van der Waals surface area contributed by atoms with Crippen molar-refractivity contribution >= 4 is 17.5 Å². The lowest BCUT2D eigenvalue weighted by Crippen LogP contribution is -2.70. The van der Waals surface area contributed by atoms with Crippen LogP contribution < -0.4 is 14.2 Å². The molecule has 1 amide bonds. The number of allylic oxidation sites excluding steroid dienone is 1. The van der Waals surface area contributed by atoms with Crippen LogP contribution in [0, 0.1) is 33.7 Å². The summed E-state index contributed by atoms with van der Waals surface area (Å²) >= 11 is 0. The molecule has 1 heterocycles. The molecule has 65 heavy (non-hydrogen) atoms. The third kappa shape index (κ3) is 11.9. The highest BCUT2D eigenvalue weighted by molar-refractivity contribution is 6.03. The summed E-state index contributed by atoms with van der Waals surface area (Å²) < 4.78 is 47.0. The number of aliphatic hydroxyl groups excluding tert-OH is 3. The van der Waals surface area contributed by atoms with Crippen LogP contribution in [0.5, 0.6) is 17.2 Å². The van der Waals surface area contributed by atoms with Gasteiger partial charge in [-0.2, -0.15) is 0 Å². The van der Waals surface area contributed by atoms with Gasteiger partial charge in [0, 0.05) is 55.4 Å². The van der Waals surface area contributed by atoms with Gasteiger partial charge in [0.2, 0.25) is 5.79 Å². The van der Waals surface area contributed by atoms with Gasteiger partial charge in [0.1, 0.15) is 41.3 Å². The van der Waals surface area contributed by atoms with Gasteiger partial charge in [0.25, 0.3) is 5.69 Å². The molecule has 6 rings (SSSR count). The highest BCUT2D eigenvalue weighted by atomic mass is 19.1. The molecule has 3 aromatic rings. The van der Waals surface area contributed by atoms with Gasteiger partial charge in [-0.15, -0.1) is 6.58 Å². The second kappa shape index (κ2) is 22.7. The highest BCUT2D eigenvalue weighted by Crippen LogP contribution is 2.62. The maximum Gasteiger partial charge on any atom is 0.415 e. The van der Waals surface area contributed by atoms with Gasteiger partial charge in [0.05, 0.1) is 43.0 Å². The number of unbranched alkanes of at least 4 members (excludes halogenated alkanes) is 2. The Kier molecular flexibility index (Phi) is 17.1. The summed E-state index contributed by atoms with van der Waals surface area (Å²) in [6, 6.07) is 16.1. The number of oxime groups is 1. The van der Waals surface area contributed by atoms with Crippen molar-refractivity contribution in [2.45, 2.75) is 95.7 Å². The Hall–Kier alpha value is -5.39. The Morgan fingerprint density at radius 3 is 2.40 bits per heavy atom. The van der Waals surface area contributed by atoms with E-state index in [-0.39, 0.29) is 94.2 Å². The average molecular weight is 904 g/mol. The molecule has 1 fully saturated rings. The molecule has 6 atom stereocenters. The van der Waals surface area contributed by atoms with E-state index in [9.17, 15) is 34.6 Å². The Labute approximate surface area is 379 Å². The summed E-state index contributed by atoms with van der Waals surface area (Å²) in [6.45, 7) is 9.39. The van der Waals surface area contributed by atoms with Crippen LogP contribution in [0.15, 0.2) is 96.2 Å². The number of amides is 1. The molecule has 0 saturated heterocycles.